The number of anilines is 1. The van der Waals surface area contributed by atoms with Crippen molar-refractivity contribution in [2.75, 3.05) is 36.5 Å². The molecule has 1 aromatic carbocycles. The number of rotatable bonds is 7. The van der Waals surface area contributed by atoms with Gasteiger partial charge in [0.25, 0.3) is 0 Å². The first-order valence-corrected chi connectivity index (χ1v) is 9.40. The van der Waals surface area contributed by atoms with Gasteiger partial charge in [-0.2, -0.15) is 0 Å². The molecule has 0 bridgehead atoms. The number of nitrogens with one attached hydrogen (secondary N) is 2. The first kappa shape index (κ1) is 19.1. The number of thioether (sulfide) groups is 1. The molecule has 1 aliphatic rings. The van der Waals surface area contributed by atoms with Crippen LogP contribution in [-0.4, -0.2) is 59.1 Å². The van der Waals surface area contributed by atoms with Gasteiger partial charge in [0.2, 0.25) is 5.91 Å². The van der Waals surface area contributed by atoms with Gasteiger partial charge < -0.3 is 20.6 Å². The lowest BCUT2D eigenvalue weighted by molar-refractivity contribution is -0.134. The standard InChI is InChI=1S/C17H23N3O4S/c21-15(22)12-25-10-8-18-16(23)13-5-4-9-20(11-13)17(24)19-14-6-2-1-3-7-14/h1-3,6-7,13H,4-5,8-12H2,(H,18,23)(H,19,24)(H,21,22). The number of likely N-dealkylation sites (tertiary alicyclic amines) is 1. The van der Waals surface area contributed by atoms with Crippen LogP contribution in [0.1, 0.15) is 12.8 Å². The maximum atomic E-state index is 12.3. The van der Waals surface area contributed by atoms with E-state index in [-0.39, 0.29) is 23.6 Å². The Labute approximate surface area is 151 Å². The average Bonchev–Trinajstić information content (AvgIpc) is 2.62. The highest BCUT2D eigenvalue weighted by Gasteiger charge is 2.28. The van der Waals surface area contributed by atoms with Crippen LogP contribution in [0.2, 0.25) is 0 Å². The van der Waals surface area contributed by atoms with Gasteiger partial charge in [0.1, 0.15) is 0 Å². The second kappa shape index (κ2) is 9.93. The number of para-hydroxylation sites is 1. The molecular formula is C17H23N3O4S. The fourth-order valence-corrected chi connectivity index (χ4v) is 3.22. The Hall–Kier alpha value is -2.22. The number of carbonyl (C=O) groups is 3. The maximum Gasteiger partial charge on any atom is 0.321 e. The van der Waals surface area contributed by atoms with E-state index in [0.717, 1.165) is 18.5 Å². The van der Waals surface area contributed by atoms with Gasteiger partial charge >= 0.3 is 12.0 Å². The van der Waals surface area contributed by atoms with Crippen LogP contribution in [0.3, 0.4) is 0 Å². The molecule has 0 aromatic heterocycles. The smallest absolute Gasteiger partial charge is 0.321 e. The summed E-state index contributed by atoms with van der Waals surface area (Å²) in [6.45, 7) is 1.47. The molecular weight excluding hydrogens is 342 g/mol. The second-order valence-electron chi connectivity index (χ2n) is 5.82. The van der Waals surface area contributed by atoms with Crippen LogP contribution < -0.4 is 10.6 Å². The summed E-state index contributed by atoms with van der Waals surface area (Å²) in [6, 6.07) is 9.03. The van der Waals surface area contributed by atoms with Gasteiger partial charge in [-0.05, 0) is 25.0 Å². The lowest BCUT2D eigenvalue weighted by Gasteiger charge is -2.32. The topological polar surface area (TPSA) is 98.7 Å². The zero-order valence-electron chi connectivity index (χ0n) is 13.9. The third kappa shape index (κ3) is 6.66. The summed E-state index contributed by atoms with van der Waals surface area (Å²) in [7, 11) is 0. The molecule has 1 saturated heterocycles. The molecule has 7 nitrogen and oxygen atoms in total. The number of hydrogen-bond acceptors (Lipinski definition) is 4. The third-order valence-corrected chi connectivity index (χ3v) is 4.82. The first-order chi connectivity index (χ1) is 12.1. The van der Waals surface area contributed by atoms with Crippen LogP contribution in [0.25, 0.3) is 0 Å². The molecule has 0 saturated carbocycles. The van der Waals surface area contributed by atoms with Crippen molar-refractivity contribution in [2.24, 2.45) is 5.92 Å². The minimum atomic E-state index is -0.858. The van der Waals surface area contributed by atoms with Gasteiger partial charge in [-0.15, -0.1) is 11.8 Å². The van der Waals surface area contributed by atoms with E-state index in [0.29, 0.717) is 25.4 Å². The Balaban J connectivity index is 1.74. The molecule has 3 amide bonds. The molecule has 1 aromatic rings. The average molecular weight is 365 g/mol. The van der Waals surface area contributed by atoms with E-state index in [4.69, 9.17) is 5.11 Å². The number of amides is 3. The Bertz CT molecular complexity index is 597. The van der Waals surface area contributed by atoms with E-state index in [1.165, 1.54) is 11.8 Å². The molecule has 3 N–H and O–H groups in total. The predicted molar refractivity (Wildman–Crippen MR) is 97.7 cm³/mol. The summed E-state index contributed by atoms with van der Waals surface area (Å²) in [6.07, 6.45) is 1.54. The van der Waals surface area contributed by atoms with Crippen LogP contribution >= 0.6 is 11.8 Å². The van der Waals surface area contributed by atoms with E-state index in [2.05, 4.69) is 10.6 Å². The summed E-state index contributed by atoms with van der Waals surface area (Å²) in [5.41, 5.74) is 0.731. The van der Waals surface area contributed by atoms with Gasteiger partial charge in [-0.1, -0.05) is 18.2 Å². The molecule has 0 aliphatic carbocycles. The molecule has 0 spiro atoms. The first-order valence-electron chi connectivity index (χ1n) is 8.24. The van der Waals surface area contributed by atoms with Crippen molar-refractivity contribution in [3.05, 3.63) is 30.3 Å². The SMILES string of the molecule is O=C(O)CSCCNC(=O)C1CCCN(C(=O)Nc2ccccc2)C1. The molecule has 8 heteroatoms. The number of piperidine rings is 1. The highest BCUT2D eigenvalue weighted by Crippen LogP contribution is 2.18. The zero-order chi connectivity index (χ0) is 18.1. The predicted octanol–water partition coefficient (Wildman–Crippen LogP) is 1.86. The molecule has 1 aliphatic heterocycles. The van der Waals surface area contributed by atoms with E-state index >= 15 is 0 Å². The van der Waals surface area contributed by atoms with Crippen molar-refractivity contribution in [1.82, 2.24) is 10.2 Å². The zero-order valence-corrected chi connectivity index (χ0v) is 14.8. The molecule has 1 unspecified atom stereocenters. The van der Waals surface area contributed by atoms with Crippen molar-refractivity contribution in [2.45, 2.75) is 12.8 Å². The van der Waals surface area contributed by atoms with Crippen molar-refractivity contribution >= 4 is 35.4 Å². The summed E-state index contributed by atoms with van der Waals surface area (Å²) in [5, 5.41) is 14.2. The van der Waals surface area contributed by atoms with Crippen LogP contribution in [0.5, 0.6) is 0 Å². The van der Waals surface area contributed by atoms with E-state index in [9.17, 15) is 14.4 Å². The quantitative estimate of drug-likeness (QED) is 0.641. The van der Waals surface area contributed by atoms with Crippen LogP contribution in [-0.2, 0) is 9.59 Å². The summed E-state index contributed by atoms with van der Waals surface area (Å²) < 4.78 is 0. The van der Waals surface area contributed by atoms with Crippen LogP contribution in [0, 0.1) is 5.92 Å². The number of aliphatic carboxylic acids is 1. The Morgan fingerprint density at radius 2 is 2.00 bits per heavy atom. The van der Waals surface area contributed by atoms with Gasteiger partial charge in [0, 0.05) is 31.1 Å². The van der Waals surface area contributed by atoms with Gasteiger partial charge in [-0.25, -0.2) is 4.79 Å². The number of hydrogen-bond donors (Lipinski definition) is 3. The van der Waals surface area contributed by atoms with Crippen LogP contribution in [0.15, 0.2) is 30.3 Å². The van der Waals surface area contributed by atoms with Crippen molar-refractivity contribution in [3.63, 3.8) is 0 Å². The molecule has 2 rings (SSSR count). The van der Waals surface area contributed by atoms with Crippen molar-refractivity contribution in [3.8, 4) is 0 Å². The molecule has 1 heterocycles. The third-order valence-electron chi connectivity index (χ3n) is 3.88. The summed E-state index contributed by atoms with van der Waals surface area (Å²) >= 11 is 1.27. The number of urea groups is 1. The number of carboxylic acid groups (broad SMARTS) is 1. The van der Waals surface area contributed by atoms with Crippen LogP contribution in [0.4, 0.5) is 10.5 Å². The Morgan fingerprint density at radius 3 is 2.72 bits per heavy atom. The minimum Gasteiger partial charge on any atom is -0.481 e. The lowest BCUT2D eigenvalue weighted by Crippen LogP contribution is -2.47. The Kier molecular flexibility index (Phi) is 7.59. The maximum absolute atomic E-state index is 12.3. The fraction of sp³-hybridized carbons (Fsp3) is 0.471. The lowest BCUT2D eigenvalue weighted by atomic mass is 9.97. The molecule has 0 radical (unpaired) electrons. The number of nitrogens with zero attached hydrogens (tertiary/aromatic N) is 1. The van der Waals surface area contributed by atoms with E-state index < -0.39 is 5.97 Å². The molecule has 1 fully saturated rings. The minimum absolute atomic E-state index is 0.0345. The van der Waals surface area contributed by atoms with Gasteiger partial charge in [-0.3, -0.25) is 9.59 Å². The van der Waals surface area contributed by atoms with E-state index in [1.54, 1.807) is 4.90 Å². The number of carboxylic acids is 1. The van der Waals surface area contributed by atoms with Gasteiger partial charge in [0.15, 0.2) is 0 Å². The summed E-state index contributed by atoms with van der Waals surface area (Å²) in [5.74, 6) is -0.563. The van der Waals surface area contributed by atoms with Crippen molar-refractivity contribution < 1.29 is 19.5 Å². The van der Waals surface area contributed by atoms with Gasteiger partial charge in [0.05, 0.1) is 11.7 Å². The highest BCUT2D eigenvalue weighted by molar-refractivity contribution is 7.99. The highest BCUT2D eigenvalue weighted by atomic mass is 32.2. The molecule has 25 heavy (non-hydrogen) atoms. The summed E-state index contributed by atoms with van der Waals surface area (Å²) in [4.78, 5) is 36.6. The normalized spacial score (nSPS) is 17.0. The molecule has 136 valence electrons. The Morgan fingerprint density at radius 1 is 1.24 bits per heavy atom. The second-order valence-corrected chi connectivity index (χ2v) is 6.92. The molecule has 1 atom stereocenters. The fourth-order valence-electron chi connectivity index (χ4n) is 2.65. The number of carbonyl (C=O) groups excluding carboxylic acids is 2. The van der Waals surface area contributed by atoms with E-state index in [1.807, 2.05) is 30.3 Å². The number of benzene rings is 1. The monoisotopic (exact) mass is 365 g/mol. The van der Waals surface area contributed by atoms with Crippen molar-refractivity contribution in [1.29, 1.82) is 0 Å². The largest absolute Gasteiger partial charge is 0.481 e.